The van der Waals surface area contributed by atoms with Crippen LogP contribution in [0.1, 0.15) is 34.1 Å². The first-order chi connectivity index (χ1) is 14.4. The molecule has 0 heterocycles. The highest BCUT2D eigenvalue weighted by Crippen LogP contribution is 2.23. The standard InChI is InChI=1S/C21H24BrN3O4S/c1-3-29-18-10-7-15(22)13-17(18)20(27)25-21(30)24-16-8-5-14(6-9-16)19(26)23-11-4-12-28-2/h5-10,13H,3-4,11-12H2,1-2H3,(H,23,26)(H2,24,25,27,30). The second kappa shape index (κ2) is 12.3. The van der Waals surface area contributed by atoms with E-state index in [1.807, 2.05) is 6.92 Å². The summed E-state index contributed by atoms with van der Waals surface area (Å²) in [6.45, 7) is 3.43. The molecule has 7 nitrogen and oxygen atoms in total. The first kappa shape index (κ1) is 23.8. The zero-order valence-electron chi connectivity index (χ0n) is 16.8. The molecule has 2 aromatic carbocycles. The van der Waals surface area contributed by atoms with Gasteiger partial charge >= 0.3 is 0 Å². The number of methoxy groups -OCH3 is 1. The van der Waals surface area contributed by atoms with E-state index in [4.69, 9.17) is 21.7 Å². The number of ether oxygens (including phenoxy) is 2. The highest BCUT2D eigenvalue weighted by Gasteiger charge is 2.15. The van der Waals surface area contributed by atoms with Gasteiger partial charge in [0.05, 0.1) is 12.2 Å². The number of hydrogen-bond acceptors (Lipinski definition) is 5. The molecule has 0 aliphatic rings. The van der Waals surface area contributed by atoms with E-state index in [1.165, 1.54) is 0 Å². The van der Waals surface area contributed by atoms with Crippen molar-refractivity contribution < 1.29 is 19.1 Å². The number of hydrogen-bond donors (Lipinski definition) is 3. The first-order valence-corrected chi connectivity index (χ1v) is 10.6. The number of anilines is 1. The molecule has 0 radical (unpaired) electrons. The van der Waals surface area contributed by atoms with E-state index in [2.05, 4.69) is 31.9 Å². The lowest BCUT2D eigenvalue weighted by atomic mass is 10.2. The Bertz CT molecular complexity index is 890. The van der Waals surface area contributed by atoms with Crippen molar-refractivity contribution >= 4 is 50.8 Å². The highest BCUT2D eigenvalue weighted by molar-refractivity contribution is 9.10. The zero-order chi connectivity index (χ0) is 21.9. The number of rotatable bonds is 9. The van der Waals surface area contributed by atoms with E-state index in [1.54, 1.807) is 49.6 Å². The van der Waals surface area contributed by atoms with Crippen LogP contribution in [0.2, 0.25) is 0 Å². The Morgan fingerprint density at radius 1 is 1.10 bits per heavy atom. The Kier molecular flexibility index (Phi) is 9.72. The largest absolute Gasteiger partial charge is 0.493 e. The summed E-state index contributed by atoms with van der Waals surface area (Å²) in [7, 11) is 1.62. The third-order valence-electron chi connectivity index (χ3n) is 3.93. The quantitative estimate of drug-likeness (QED) is 0.364. The number of amides is 2. The molecule has 0 bridgehead atoms. The summed E-state index contributed by atoms with van der Waals surface area (Å²) in [6.07, 6.45) is 0.749. The molecule has 0 aliphatic carbocycles. The molecule has 0 saturated carbocycles. The van der Waals surface area contributed by atoms with Crippen LogP contribution in [-0.4, -0.2) is 43.8 Å². The lowest BCUT2D eigenvalue weighted by molar-refractivity contribution is 0.0946. The van der Waals surface area contributed by atoms with Crippen molar-refractivity contribution in [1.82, 2.24) is 10.6 Å². The minimum Gasteiger partial charge on any atom is -0.493 e. The smallest absolute Gasteiger partial charge is 0.261 e. The van der Waals surface area contributed by atoms with Gasteiger partial charge in [0, 0.05) is 36.0 Å². The molecule has 30 heavy (non-hydrogen) atoms. The van der Waals surface area contributed by atoms with Gasteiger partial charge in [-0.25, -0.2) is 0 Å². The summed E-state index contributed by atoms with van der Waals surface area (Å²) in [5.74, 6) is -0.0715. The van der Waals surface area contributed by atoms with Gasteiger partial charge in [-0.05, 0) is 68.0 Å². The Labute approximate surface area is 189 Å². The van der Waals surface area contributed by atoms with Crippen LogP contribution in [0.4, 0.5) is 5.69 Å². The van der Waals surface area contributed by atoms with Crippen LogP contribution in [0.5, 0.6) is 5.75 Å². The molecule has 0 spiro atoms. The minimum atomic E-state index is -0.385. The SMILES string of the molecule is CCOc1ccc(Br)cc1C(=O)NC(=S)Nc1ccc(C(=O)NCCCOC)cc1. The van der Waals surface area contributed by atoms with Crippen LogP contribution in [0, 0.1) is 0 Å². The van der Waals surface area contributed by atoms with Gasteiger partial charge in [0.2, 0.25) is 0 Å². The van der Waals surface area contributed by atoms with E-state index < -0.39 is 0 Å². The molecule has 2 rings (SSSR count). The van der Waals surface area contributed by atoms with Crippen LogP contribution in [0.15, 0.2) is 46.9 Å². The molecule has 0 aliphatic heterocycles. The topological polar surface area (TPSA) is 88.7 Å². The fourth-order valence-corrected chi connectivity index (χ4v) is 3.09. The average Bonchev–Trinajstić information content (AvgIpc) is 2.73. The summed E-state index contributed by atoms with van der Waals surface area (Å²) < 4.78 is 11.2. The van der Waals surface area contributed by atoms with Gasteiger partial charge in [0.15, 0.2) is 5.11 Å². The Hall–Kier alpha value is -2.49. The van der Waals surface area contributed by atoms with E-state index in [0.717, 1.165) is 10.9 Å². The van der Waals surface area contributed by atoms with Crippen LogP contribution >= 0.6 is 28.1 Å². The van der Waals surface area contributed by atoms with E-state index in [9.17, 15) is 9.59 Å². The lowest BCUT2D eigenvalue weighted by Gasteiger charge is -2.13. The second-order valence-corrected chi connectivity index (χ2v) is 7.49. The monoisotopic (exact) mass is 493 g/mol. The summed E-state index contributed by atoms with van der Waals surface area (Å²) in [4.78, 5) is 24.7. The number of carbonyl (C=O) groups excluding carboxylic acids is 2. The third-order valence-corrected chi connectivity index (χ3v) is 4.63. The summed E-state index contributed by atoms with van der Waals surface area (Å²) in [5.41, 5.74) is 1.55. The lowest BCUT2D eigenvalue weighted by Crippen LogP contribution is -2.34. The molecule has 0 atom stereocenters. The van der Waals surface area contributed by atoms with Crippen LogP contribution in [0.25, 0.3) is 0 Å². The van der Waals surface area contributed by atoms with Gasteiger partial charge in [-0.15, -0.1) is 0 Å². The van der Waals surface area contributed by atoms with Crippen molar-refractivity contribution in [2.75, 3.05) is 32.2 Å². The highest BCUT2D eigenvalue weighted by atomic mass is 79.9. The minimum absolute atomic E-state index is 0.138. The van der Waals surface area contributed by atoms with Crippen molar-refractivity contribution in [2.24, 2.45) is 0 Å². The van der Waals surface area contributed by atoms with E-state index in [0.29, 0.717) is 42.3 Å². The van der Waals surface area contributed by atoms with Gasteiger partial charge in [-0.2, -0.15) is 0 Å². The molecule has 0 saturated heterocycles. The molecule has 0 aromatic heterocycles. The van der Waals surface area contributed by atoms with E-state index in [-0.39, 0.29) is 16.9 Å². The summed E-state index contributed by atoms with van der Waals surface area (Å²) in [5, 5.41) is 8.53. The number of carbonyl (C=O) groups is 2. The maximum Gasteiger partial charge on any atom is 0.261 e. The first-order valence-electron chi connectivity index (χ1n) is 9.36. The molecule has 160 valence electrons. The third kappa shape index (κ3) is 7.40. The number of nitrogens with one attached hydrogen (secondary N) is 3. The fraction of sp³-hybridized carbons (Fsp3) is 0.286. The van der Waals surface area contributed by atoms with Crippen molar-refractivity contribution in [2.45, 2.75) is 13.3 Å². The van der Waals surface area contributed by atoms with Crippen LogP contribution in [-0.2, 0) is 4.74 Å². The molecule has 0 unspecified atom stereocenters. The zero-order valence-corrected chi connectivity index (χ0v) is 19.2. The Morgan fingerprint density at radius 3 is 2.50 bits per heavy atom. The molecule has 9 heteroatoms. The maximum atomic E-state index is 12.6. The van der Waals surface area contributed by atoms with Crippen LogP contribution < -0.4 is 20.7 Å². The molecule has 2 amide bonds. The van der Waals surface area contributed by atoms with Crippen LogP contribution in [0.3, 0.4) is 0 Å². The van der Waals surface area contributed by atoms with Gasteiger partial charge in [-0.1, -0.05) is 15.9 Å². The predicted molar refractivity (Wildman–Crippen MR) is 124 cm³/mol. The number of thiocarbonyl (C=S) groups is 1. The summed E-state index contributed by atoms with van der Waals surface area (Å²) in [6, 6.07) is 12.0. The Morgan fingerprint density at radius 2 is 1.83 bits per heavy atom. The fourth-order valence-electron chi connectivity index (χ4n) is 2.52. The molecular formula is C21H24BrN3O4S. The van der Waals surface area contributed by atoms with Crippen molar-refractivity contribution in [1.29, 1.82) is 0 Å². The second-order valence-electron chi connectivity index (χ2n) is 6.16. The normalized spacial score (nSPS) is 10.2. The van der Waals surface area contributed by atoms with Crippen molar-refractivity contribution in [3.8, 4) is 5.75 Å². The predicted octanol–water partition coefficient (Wildman–Crippen LogP) is 3.74. The van der Waals surface area contributed by atoms with E-state index >= 15 is 0 Å². The summed E-state index contributed by atoms with van der Waals surface area (Å²) >= 11 is 8.59. The maximum absolute atomic E-state index is 12.6. The van der Waals surface area contributed by atoms with Gasteiger partial charge in [-0.3, -0.25) is 14.9 Å². The number of halogens is 1. The average molecular weight is 494 g/mol. The molecule has 0 fully saturated rings. The van der Waals surface area contributed by atoms with Crippen molar-refractivity contribution in [3.63, 3.8) is 0 Å². The Balaban J connectivity index is 1.93. The molecule has 3 N–H and O–H groups in total. The molecule has 2 aromatic rings. The van der Waals surface area contributed by atoms with Crippen molar-refractivity contribution in [3.05, 3.63) is 58.1 Å². The van der Waals surface area contributed by atoms with Gasteiger partial charge in [0.25, 0.3) is 11.8 Å². The number of benzene rings is 2. The van der Waals surface area contributed by atoms with Gasteiger partial charge < -0.3 is 20.1 Å². The van der Waals surface area contributed by atoms with Gasteiger partial charge in [0.1, 0.15) is 5.75 Å². The molecular weight excluding hydrogens is 470 g/mol.